The Bertz CT molecular complexity index is 340. The molecule has 1 aromatic carbocycles. The molecule has 0 saturated heterocycles. The largest absolute Gasteiger partial charge is 0.352 e. The van der Waals surface area contributed by atoms with Crippen LogP contribution in [0.15, 0.2) is 22.7 Å². The third-order valence-electron chi connectivity index (χ3n) is 1.98. The van der Waals surface area contributed by atoms with Crippen LogP contribution < -0.4 is 5.32 Å². The van der Waals surface area contributed by atoms with E-state index in [4.69, 9.17) is 0 Å². The molecule has 0 spiro atoms. The Morgan fingerprint density at radius 3 is 2.60 bits per heavy atom. The van der Waals surface area contributed by atoms with Crippen LogP contribution in [0.1, 0.15) is 29.8 Å². The Morgan fingerprint density at radius 1 is 1.40 bits per heavy atom. The third-order valence-corrected chi connectivity index (χ3v) is 2.43. The second kappa shape index (κ2) is 5.31. The highest BCUT2D eigenvalue weighted by molar-refractivity contribution is 9.10. The number of carbonyl (C=O) groups excluding carboxylic acids is 1. The van der Waals surface area contributed by atoms with E-state index in [1.807, 2.05) is 25.1 Å². The van der Waals surface area contributed by atoms with Crippen molar-refractivity contribution in [3.8, 4) is 0 Å². The van der Waals surface area contributed by atoms with Gasteiger partial charge in [-0.1, -0.05) is 29.8 Å². The minimum absolute atomic E-state index is 0.00639. The topological polar surface area (TPSA) is 29.1 Å². The summed E-state index contributed by atoms with van der Waals surface area (Å²) in [6.07, 6.45) is 0. The van der Waals surface area contributed by atoms with Crippen molar-refractivity contribution < 1.29 is 4.79 Å². The van der Waals surface area contributed by atoms with Gasteiger partial charge in [0.25, 0.3) is 5.91 Å². The second-order valence-electron chi connectivity index (χ2n) is 4.12. The van der Waals surface area contributed by atoms with Gasteiger partial charge in [0.05, 0.1) is 0 Å². The maximum absolute atomic E-state index is 11.7. The molecule has 0 radical (unpaired) electrons. The number of hydrogen-bond acceptors (Lipinski definition) is 1. The van der Waals surface area contributed by atoms with Crippen LogP contribution in [-0.2, 0) is 0 Å². The monoisotopic (exact) mass is 269 g/mol. The Morgan fingerprint density at radius 2 is 2.07 bits per heavy atom. The molecule has 0 saturated carbocycles. The number of benzene rings is 1. The molecule has 0 bridgehead atoms. The maximum atomic E-state index is 11.7. The van der Waals surface area contributed by atoms with Crippen LogP contribution in [-0.4, -0.2) is 12.5 Å². The van der Waals surface area contributed by atoms with E-state index < -0.39 is 0 Å². The second-order valence-corrected chi connectivity index (χ2v) is 5.04. The zero-order valence-electron chi connectivity index (χ0n) is 9.30. The zero-order chi connectivity index (χ0) is 11.4. The molecule has 3 heteroatoms. The summed E-state index contributed by atoms with van der Waals surface area (Å²) < 4.78 is 0.942. The summed E-state index contributed by atoms with van der Waals surface area (Å²) in [4.78, 5) is 11.7. The van der Waals surface area contributed by atoms with Crippen molar-refractivity contribution in [2.24, 2.45) is 5.92 Å². The van der Waals surface area contributed by atoms with E-state index in [0.29, 0.717) is 18.0 Å². The number of nitrogens with one attached hydrogen (secondary N) is 1. The fourth-order valence-corrected chi connectivity index (χ4v) is 1.87. The first-order valence-corrected chi connectivity index (χ1v) is 5.83. The van der Waals surface area contributed by atoms with Gasteiger partial charge in [0.1, 0.15) is 0 Å². The van der Waals surface area contributed by atoms with Gasteiger partial charge >= 0.3 is 0 Å². The molecular formula is C12H16BrNO. The minimum Gasteiger partial charge on any atom is -0.352 e. The lowest BCUT2D eigenvalue weighted by Gasteiger charge is -2.08. The molecule has 15 heavy (non-hydrogen) atoms. The molecule has 82 valence electrons. The van der Waals surface area contributed by atoms with Crippen LogP contribution in [0.5, 0.6) is 0 Å². The average molecular weight is 270 g/mol. The van der Waals surface area contributed by atoms with Gasteiger partial charge < -0.3 is 5.32 Å². The van der Waals surface area contributed by atoms with Crippen molar-refractivity contribution >= 4 is 21.8 Å². The number of amides is 1. The number of aryl methyl sites for hydroxylation is 1. The minimum atomic E-state index is -0.00639. The van der Waals surface area contributed by atoms with Crippen molar-refractivity contribution in [2.45, 2.75) is 20.8 Å². The number of hydrogen-bond donors (Lipinski definition) is 1. The lowest BCUT2D eigenvalue weighted by Crippen LogP contribution is -2.27. The quantitative estimate of drug-likeness (QED) is 0.898. The molecule has 0 aliphatic rings. The zero-order valence-corrected chi connectivity index (χ0v) is 10.9. The van der Waals surface area contributed by atoms with Gasteiger partial charge in [-0.15, -0.1) is 0 Å². The molecular weight excluding hydrogens is 254 g/mol. The highest BCUT2D eigenvalue weighted by atomic mass is 79.9. The summed E-state index contributed by atoms with van der Waals surface area (Å²) in [6.45, 7) is 6.84. The summed E-state index contributed by atoms with van der Waals surface area (Å²) in [5.41, 5.74) is 1.79. The summed E-state index contributed by atoms with van der Waals surface area (Å²) >= 11 is 3.38. The first kappa shape index (κ1) is 12.2. The smallest absolute Gasteiger partial charge is 0.251 e. The Kier molecular flexibility index (Phi) is 4.33. The first-order chi connectivity index (χ1) is 6.99. The van der Waals surface area contributed by atoms with Gasteiger partial charge in [0, 0.05) is 16.6 Å². The highest BCUT2D eigenvalue weighted by Gasteiger charge is 2.06. The van der Waals surface area contributed by atoms with Crippen molar-refractivity contribution in [1.29, 1.82) is 0 Å². The molecule has 1 amide bonds. The molecule has 0 fully saturated rings. The van der Waals surface area contributed by atoms with Crippen LogP contribution in [0, 0.1) is 12.8 Å². The molecule has 0 aliphatic carbocycles. The van der Waals surface area contributed by atoms with E-state index in [1.54, 1.807) is 0 Å². The predicted octanol–water partition coefficient (Wildman–Crippen LogP) is 3.14. The fourth-order valence-electron chi connectivity index (χ4n) is 1.27. The van der Waals surface area contributed by atoms with Gasteiger partial charge in [0.15, 0.2) is 0 Å². The lowest BCUT2D eigenvalue weighted by atomic mass is 10.1. The summed E-state index contributed by atoms with van der Waals surface area (Å²) in [5.74, 6) is 0.468. The van der Waals surface area contributed by atoms with E-state index in [-0.39, 0.29) is 5.91 Å². The van der Waals surface area contributed by atoms with Gasteiger partial charge in [-0.2, -0.15) is 0 Å². The molecule has 1 rings (SSSR count). The standard InChI is InChI=1S/C12H16BrNO/c1-8(2)7-14-12(15)10-4-9(3)5-11(13)6-10/h4-6,8H,7H2,1-3H3,(H,14,15). The first-order valence-electron chi connectivity index (χ1n) is 5.04. The Balaban J connectivity index is 2.73. The average Bonchev–Trinajstić information content (AvgIpc) is 2.12. The van der Waals surface area contributed by atoms with Crippen molar-refractivity contribution in [2.75, 3.05) is 6.54 Å². The number of carbonyl (C=O) groups is 1. The Labute approximate surface area is 99.2 Å². The van der Waals surface area contributed by atoms with Crippen LogP contribution in [0.3, 0.4) is 0 Å². The van der Waals surface area contributed by atoms with E-state index in [9.17, 15) is 4.79 Å². The third kappa shape index (κ3) is 4.04. The van der Waals surface area contributed by atoms with Crippen molar-refractivity contribution in [3.63, 3.8) is 0 Å². The lowest BCUT2D eigenvalue weighted by molar-refractivity contribution is 0.0949. The molecule has 1 aromatic rings. The molecule has 1 N–H and O–H groups in total. The highest BCUT2D eigenvalue weighted by Crippen LogP contribution is 2.15. The van der Waals surface area contributed by atoms with Gasteiger partial charge in [0.2, 0.25) is 0 Å². The predicted molar refractivity (Wildman–Crippen MR) is 66.1 cm³/mol. The maximum Gasteiger partial charge on any atom is 0.251 e. The SMILES string of the molecule is Cc1cc(Br)cc(C(=O)NCC(C)C)c1. The van der Waals surface area contributed by atoms with Crippen LogP contribution >= 0.6 is 15.9 Å². The fraction of sp³-hybridized carbons (Fsp3) is 0.417. The van der Waals surface area contributed by atoms with E-state index in [2.05, 4.69) is 35.1 Å². The summed E-state index contributed by atoms with van der Waals surface area (Å²) in [7, 11) is 0. The van der Waals surface area contributed by atoms with E-state index in [0.717, 1.165) is 10.0 Å². The molecule has 0 aromatic heterocycles. The van der Waals surface area contributed by atoms with Gasteiger partial charge in [-0.25, -0.2) is 0 Å². The van der Waals surface area contributed by atoms with E-state index >= 15 is 0 Å². The normalized spacial score (nSPS) is 10.5. The van der Waals surface area contributed by atoms with Gasteiger partial charge in [-0.05, 0) is 36.6 Å². The molecule has 0 aliphatic heterocycles. The van der Waals surface area contributed by atoms with Crippen LogP contribution in [0.4, 0.5) is 0 Å². The van der Waals surface area contributed by atoms with Crippen molar-refractivity contribution in [1.82, 2.24) is 5.32 Å². The molecule has 0 atom stereocenters. The van der Waals surface area contributed by atoms with Crippen LogP contribution in [0.2, 0.25) is 0 Å². The van der Waals surface area contributed by atoms with Crippen LogP contribution in [0.25, 0.3) is 0 Å². The summed E-state index contributed by atoms with van der Waals surface area (Å²) in [6, 6.07) is 5.71. The molecule has 2 nitrogen and oxygen atoms in total. The number of halogens is 1. The number of rotatable bonds is 3. The van der Waals surface area contributed by atoms with Gasteiger partial charge in [-0.3, -0.25) is 4.79 Å². The molecule has 0 heterocycles. The summed E-state index contributed by atoms with van der Waals surface area (Å²) in [5, 5.41) is 2.89. The molecule has 0 unspecified atom stereocenters. The van der Waals surface area contributed by atoms with E-state index in [1.165, 1.54) is 0 Å². The Hall–Kier alpha value is -0.830. The van der Waals surface area contributed by atoms with Crippen molar-refractivity contribution in [3.05, 3.63) is 33.8 Å².